The fourth-order valence-corrected chi connectivity index (χ4v) is 10.8. The van der Waals surface area contributed by atoms with E-state index in [2.05, 4.69) is 83.5 Å². The Morgan fingerprint density at radius 2 is 1.41 bits per heavy atom. The molecule has 1 amide bonds. The van der Waals surface area contributed by atoms with E-state index in [0.29, 0.717) is 36.6 Å². The van der Waals surface area contributed by atoms with Crippen LogP contribution in [0, 0.1) is 10.8 Å². The number of rotatable bonds is 14. The number of aromatic amines is 1. The molecule has 4 aliphatic rings. The predicted octanol–water partition coefficient (Wildman–Crippen LogP) is 9.63. The Labute approximate surface area is 416 Å². The number of carboxylic acid groups (broad SMARTS) is 1. The largest absolute Gasteiger partial charge is 0.476 e. The van der Waals surface area contributed by atoms with Crippen LogP contribution in [-0.2, 0) is 37.2 Å². The molecule has 2 atom stereocenters. The molecule has 15 nitrogen and oxygen atoms in total. The highest BCUT2D eigenvalue weighted by atomic mass is 28.3. The van der Waals surface area contributed by atoms with Gasteiger partial charge in [-0.25, -0.2) is 18.3 Å². The number of nitrogens with one attached hydrogen (secondary N) is 3. The van der Waals surface area contributed by atoms with Gasteiger partial charge in [-0.3, -0.25) is 19.3 Å². The highest BCUT2D eigenvalue weighted by Gasteiger charge is 2.48. The molecule has 2 aromatic carbocycles. The Hall–Kier alpha value is -5.98. The number of benzene rings is 2. The van der Waals surface area contributed by atoms with E-state index in [0.717, 1.165) is 91.2 Å². The predicted molar refractivity (Wildman–Crippen MR) is 274 cm³/mol. The molecule has 6 N–H and O–H groups in total. The fraction of sp³-hybridized carbons (Fsp3) is 0.509. The molecule has 2 fully saturated rings. The summed E-state index contributed by atoms with van der Waals surface area (Å²) in [6.07, 6.45) is 14.0. The number of fused-ring (bicyclic) bond motifs is 2. The molecule has 3 aliphatic carbocycles. The first-order chi connectivity index (χ1) is 33.6. The van der Waals surface area contributed by atoms with E-state index in [1.807, 2.05) is 60.7 Å². The van der Waals surface area contributed by atoms with Crippen molar-refractivity contribution in [1.82, 2.24) is 44.9 Å². The Balaban J connectivity index is 0.000000149. The number of nitrogens with two attached hydrogens (primary N) is 1. The zero-order valence-electron chi connectivity index (χ0n) is 42.3. The van der Waals surface area contributed by atoms with E-state index < -0.39 is 31.4 Å². The molecule has 1 saturated carbocycles. The molecule has 0 bridgehead atoms. The molecule has 71 heavy (non-hydrogen) atoms. The summed E-state index contributed by atoms with van der Waals surface area (Å²) in [7, 11) is -1.11. The molecule has 4 aromatic heterocycles. The number of nitrogen functional groups attached to an aromatic ring is 1. The number of ether oxygens (including phenoxy) is 1. The molecule has 1 saturated heterocycles. The second-order valence-electron chi connectivity index (χ2n) is 22.7. The van der Waals surface area contributed by atoms with Crippen molar-refractivity contribution in [2.24, 2.45) is 10.8 Å². The first-order valence-corrected chi connectivity index (χ1v) is 28.6. The summed E-state index contributed by atoms with van der Waals surface area (Å²) in [6.45, 7) is 17.5. The van der Waals surface area contributed by atoms with Gasteiger partial charge in [-0.15, -0.1) is 0 Å². The van der Waals surface area contributed by atoms with Gasteiger partial charge in [0, 0.05) is 62.7 Å². The summed E-state index contributed by atoms with van der Waals surface area (Å²) in [5.74, 6) is -1.20. The molecule has 5 heterocycles. The van der Waals surface area contributed by atoms with Crippen LogP contribution in [0.1, 0.15) is 127 Å². The summed E-state index contributed by atoms with van der Waals surface area (Å²) < 4.78 is 41.1. The van der Waals surface area contributed by atoms with Gasteiger partial charge in [0.15, 0.2) is 17.1 Å². The second-order valence-corrected chi connectivity index (χ2v) is 28.3. The van der Waals surface area contributed by atoms with E-state index in [9.17, 15) is 19.1 Å². The van der Waals surface area contributed by atoms with Crippen molar-refractivity contribution >= 4 is 31.3 Å². The number of carbonyl (C=O) groups excluding carboxylic acids is 1. The fourth-order valence-electron chi connectivity index (χ4n) is 10.1. The minimum Gasteiger partial charge on any atom is -0.476 e. The van der Waals surface area contributed by atoms with Crippen LogP contribution in [0.3, 0.4) is 0 Å². The number of hydrogen-bond acceptors (Lipinski definition) is 9. The minimum atomic E-state index is -1.43. The summed E-state index contributed by atoms with van der Waals surface area (Å²) in [6, 6.07) is 19.4. The lowest BCUT2D eigenvalue weighted by molar-refractivity contribution is 0.0169. The topological polar surface area (TPSA) is 196 Å². The van der Waals surface area contributed by atoms with Crippen LogP contribution in [0.2, 0.25) is 25.7 Å². The number of carboxylic acids is 1. The summed E-state index contributed by atoms with van der Waals surface area (Å²) in [5, 5.41) is 35.4. The third-order valence-corrected chi connectivity index (χ3v) is 16.1. The molecule has 380 valence electrons. The Kier molecular flexibility index (Phi) is 14.9. The van der Waals surface area contributed by atoms with Crippen molar-refractivity contribution in [3.05, 3.63) is 130 Å². The van der Waals surface area contributed by atoms with E-state index in [1.165, 1.54) is 0 Å². The van der Waals surface area contributed by atoms with Gasteiger partial charge < -0.3 is 26.2 Å². The molecule has 0 spiro atoms. The van der Waals surface area contributed by atoms with Gasteiger partial charge in [0.25, 0.3) is 5.91 Å². The quantitative estimate of drug-likeness (QED) is 0.0518. The van der Waals surface area contributed by atoms with Gasteiger partial charge in [-0.05, 0) is 85.8 Å². The lowest BCUT2D eigenvalue weighted by Crippen LogP contribution is -2.61. The number of halogens is 2. The van der Waals surface area contributed by atoms with E-state index in [1.54, 1.807) is 38.8 Å². The average molecular weight is 992 g/mol. The van der Waals surface area contributed by atoms with E-state index in [-0.39, 0.29) is 41.6 Å². The summed E-state index contributed by atoms with van der Waals surface area (Å²) in [4.78, 5) is 24.3. The van der Waals surface area contributed by atoms with Crippen molar-refractivity contribution < 1.29 is 28.2 Å². The first-order valence-electron chi connectivity index (χ1n) is 24.9. The minimum absolute atomic E-state index is 0.193. The Bertz CT molecular complexity index is 2770. The molecule has 18 heteroatoms. The number of carbonyl (C=O) groups is 2. The van der Waals surface area contributed by atoms with Crippen molar-refractivity contribution in [1.29, 1.82) is 0 Å². The molecule has 6 aromatic rings. The number of alkyl halides is 2. The zero-order chi connectivity index (χ0) is 50.8. The van der Waals surface area contributed by atoms with E-state index >= 15 is 4.39 Å². The number of anilines is 2. The summed E-state index contributed by atoms with van der Waals surface area (Å²) >= 11 is 0. The normalized spacial score (nSPS) is 18.9. The molecule has 0 radical (unpaired) electrons. The lowest BCUT2D eigenvalue weighted by Gasteiger charge is -2.41. The number of aromatic nitrogens is 8. The first kappa shape index (κ1) is 51.4. The van der Waals surface area contributed by atoms with Crippen LogP contribution in [0.25, 0.3) is 0 Å². The van der Waals surface area contributed by atoms with Gasteiger partial charge in [-0.2, -0.15) is 20.4 Å². The van der Waals surface area contributed by atoms with Crippen molar-refractivity contribution in [2.75, 3.05) is 30.7 Å². The van der Waals surface area contributed by atoms with Crippen LogP contribution in [0.5, 0.6) is 0 Å². The molecular formula is C53H71F2N11O4Si. The summed E-state index contributed by atoms with van der Waals surface area (Å²) in [5.41, 5.74) is 11.0. The van der Waals surface area contributed by atoms with Gasteiger partial charge >= 0.3 is 5.97 Å². The van der Waals surface area contributed by atoms with Crippen LogP contribution in [-0.4, -0.2) is 95.6 Å². The zero-order valence-corrected chi connectivity index (χ0v) is 43.3. The van der Waals surface area contributed by atoms with Crippen LogP contribution >= 0.6 is 0 Å². The van der Waals surface area contributed by atoms with Crippen LogP contribution < -0.4 is 16.4 Å². The van der Waals surface area contributed by atoms with Gasteiger partial charge in [-0.1, -0.05) is 108 Å². The molecule has 10 rings (SSSR count). The molecule has 2 unspecified atom stereocenters. The lowest BCUT2D eigenvalue weighted by atomic mass is 9.74. The Morgan fingerprint density at radius 3 is 1.96 bits per heavy atom. The Morgan fingerprint density at radius 1 is 0.817 bits per heavy atom. The number of aromatic carboxylic acids is 1. The highest BCUT2D eigenvalue weighted by molar-refractivity contribution is 6.76. The number of H-pyrrole nitrogens is 1. The molecule has 1 aliphatic heterocycles. The SMILES string of the molecule is CC1(C)CCc2c(C(=O)Nc3cnn(C(c4ccccc4)C4(F)CNC4)c3)n[nH]c2C1.CC1(C)CCc2c(C(=O)O)nn(COCC[Si](C)(C)C)c2C1.Nc1cnn(C(c2ccccc2)C2(F)CCC2)c1. The van der Waals surface area contributed by atoms with Crippen LogP contribution in [0.4, 0.5) is 20.2 Å². The van der Waals surface area contributed by atoms with Gasteiger partial charge in [0.2, 0.25) is 0 Å². The second kappa shape index (κ2) is 20.6. The highest BCUT2D eigenvalue weighted by Crippen LogP contribution is 2.47. The maximum atomic E-state index is 15.5. The van der Waals surface area contributed by atoms with Crippen molar-refractivity contribution in [3.8, 4) is 0 Å². The monoisotopic (exact) mass is 992 g/mol. The van der Waals surface area contributed by atoms with Gasteiger partial charge in [0.1, 0.15) is 24.5 Å². The van der Waals surface area contributed by atoms with E-state index in [4.69, 9.17) is 10.5 Å². The van der Waals surface area contributed by atoms with Gasteiger partial charge in [0.05, 0.1) is 23.8 Å². The number of amides is 1. The molecular weight excluding hydrogens is 921 g/mol. The maximum absolute atomic E-state index is 15.5. The maximum Gasteiger partial charge on any atom is 0.356 e. The van der Waals surface area contributed by atoms with Crippen molar-refractivity contribution in [3.63, 3.8) is 0 Å². The number of hydrogen-bond donors (Lipinski definition) is 5. The third-order valence-electron chi connectivity index (χ3n) is 14.4. The smallest absolute Gasteiger partial charge is 0.356 e. The third kappa shape index (κ3) is 12.0. The number of nitrogens with zero attached hydrogens (tertiary/aromatic N) is 7. The van der Waals surface area contributed by atoms with Crippen molar-refractivity contribution in [2.45, 2.75) is 141 Å². The average Bonchev–Trinajstić information content (AvgIpc) is 4.11. The standard InChI is InChI=1S/C23H27FN6O.C16H28N2O3Si.C14H16FN3/c1-22(2)9-8-17-18(10-22)28-29-19(17)21(31)27-16-11-26-30(12-16)20(23(24)13-25-14-23)15-6-4-3-5-7-15;1-16(2)7-6-12-13(10-16)18(17-14(12)15(19)20)11-21-8-9-22(3,4)5;15-14(7-4-8-14)13(11-5-2-1-3-6-11)18-10-12(16)9-17-18/h3-7,11-12,20,25H,8-10,13-14H2,1-2H3,(H,27,31)(H,28,29);6-11H2,1-5H3,(H,19,20);1-3,5-6,9-10,13H,4,7-8,16H2. The van der Waals surface area contributed by atoms with Crippen LogP contribution in [0.15, 0.2) is 85.5 Å².